The van der Waals surface area contributed by atoms with E-state index in [9.17, 15) is 22.0 Å². The lowest BCUT2D eigenvalue weighted by molar-refractivity contribution is -0.135. The van der Waals surface area contributed by atoms with Crippen molar-refractivity contribution in [2.45, 2.75) is 44.8 Å². The molecule has 0 spiro atoms. The number of alkyl halides is 3. The molecule has 1 unspecified atom stereocenters. The van der Waals surface area contributed by atoms with Gasteiger partial charge in [-0.15, -0.1) is 0 Å². The third-order valence-corrected chi connectivity index (χ3v) is 3.00. The Morgan fingerprint density at radius 2 is 1.90 bits per heavy atom. The summed E-state index contributed by atoms with van der Waals surface area (Å²) in [5, 5.41) is 3.01. The fraction of sp³-hybridized carbons (Fsp3) is 0.571. The fourth-order valence-corrected chi connectivity index (χ4v) is 2.09. The maximum atomic E-state index is 13.5. The Labute approximate surface area is 115 Å². The van der Waals surface area contributed by atoms with E-state index in [-0.39, 0.29) is 30.9 Å². The van der Waals surface area contributed by atoms with E-state index in [1.807, 2.05) is 6.92 Å². The van der Waals surface area contributed by atoms with Crippen molar-refractivity contribution in [3.63, 3.8) is 0 Å². The monoisotopic (exact) mass is 295 g/mol. The van der Waals surface area contributed by atoms with Crippen LogP contribution in [0.5, 0.6) is 0 Å². The van der Waals surface area contributed by atoms with Gasteiger partial charge in [0.1, 0.15) is 0 Å². The molecule has 0 radical (unpaired) electrons. The number of nitrogens with one attached hydrogen (secondary N) is 1. The van der Waals surface area contributed by atoms with Crippen LogP contribution in [0.25, 0.3) is 0 Å². The Morgan fingerprint density at radius 1 is 1.20 bits per heavy atom. The summed E-state index contributed by atoms with van der Waals surface area (Å²) >= 11 is 0. The van der Waals surface area contributed by atoms with Crippen molar-refractivity contribution in [2.75, 3.05) is 6.54 Å². The second kappa shape index (κ2) is 7.57. The number of hydrogen-bond donors (Lipinski definition) is 1. The van der Waals surface area contributed by atoms with E-state index in [0.29, 0.717) is 6.54 Å². The van der Waals surface area contributed by atoms with Gasteiger partial charge >= 0.3 is 6.18 Å². The highest BCUT2D eigenvalue weighted by molar-refractivity contribution is 5.20. The Balaban J connectivity index is 2.60. The largest absolute Gasteiger partial charge is 0.389 e. The Kier molecular flexibility index (Phi) is 6.39. The standard InChI is InChI=1S/C14H18F5N/c1-2-20-11(6-4-8-14(17,18)19)9-10-5-3-7-12(15)13(10)16/h3,5,7,11,20H,2,4,6,8-9H2,1H3. The first-order valence-electron chi connectivity index (χ1n) is 6.56. The van der Waals surface area contributed by atoms with Crippen LogP contribution in [0.15, 0.2) is 18.2 Å². The highest BCUT2D eigenvalue weighted by Crippen LogP contribution is 2.23. The Bertz CT molecular complexity index is 417. The third kappa shape index (κ3) is 5.86. The molecule has 0 aliphatic rings. The number of halogens is 5. The van der Waals surface area contributed by atoms with Gasteiger partial charge in [-0.3, -0.25) is 0 Å². The zero-order valence-electron chi connectivity index (χ0n) is 11.2. The van der Waals surface area contributed by atoms with Crippen LogP contribution < -0.4 is 5.32 Å². The first-order valence-corrected chi connectivity index (χ1v) is 6.56. The molecule has 6 heteroatoms. The number of hydrogen-bond acceptors (Lipinski definition) is 1. The van der Waals surface area contributed by atoms with Gasteiger partial charge < -0.3 is 5.32 Å². The highest BCUT2D eigenvalue weighted by Gasteiger charge is 2.26. The molecule has 1 aromatic rings. The summed E-state index contributed by atoms with van der Waals surface area (Å²) in [5.41, 5.74) is 0.183. The van der Waals surface area contributed by atoms with Crippen molar-refractivity contribution in [1.29, 1.82) is 0 Å². The molecule has 0 bridgehead atoms. The van der Waals surface area contributed by atoms with Crippen molar-refractivity contribution in [3.8, 4) is 0 Å². The molecular weight excluding hydrogens is 277 g/mol. The molecule has 0 aliphatic heterocycles. The van der Waals surface area contributed by atoms with Gasteiger partial charge in [0.2, 0.25) is 0 Å². The maximum Gasteiger partial charge on any atom is 0.389 e. The van der Waals surface area contributed by atoms with Gasteiger partial charge in [0.15, 0.2) is 11.6 Å². The molecule has 0 heterocycles. The van der Waals surface area contributed by atoms with Crippen LogP contribution in [0.1, 0.15) is 31.7 Å². The van der Waals surface area contributed by atoms with E-state index in [2.05, 4.69) is 5.32 Å². The quantitative estimate of drug-likeness (QED) is 0.743. The van der Waals surface area contributed by atoms with Crippen LogP contribution in [-0.2, 0) is 6.42 Å². The highest BCUT2D eigenvalue weighted by atomic mass is 19.4. The average molecular weight is 295 g/mol. The lowest BCUT2D eigenvalue weighted by Crippen LogP contribution is -2.31. The molecule has 1 rings (SSSR count). The van der Waals surface area contributed by atoms with Crippen LogP contribution in [0, 0.1) is 11.6 Å². The van der Waals surface area contributed by atoms with E-state index in [4.69, 9.17) is 0 Å². The van der Waals surface area contributed by atoms with Gasteiger partial charge in [0, 0.05) is 12.5 Å². The topological polar surface area (TPSA) is 12.0 Å². The molecule has 1 nitrogen and oxygen atoms in total. The van der Waals surface area contributed by atoms with Crippen LogP contribution in [0.4, 0.5) is 22.0 Å². The lowest BCUT2D eigenvalue weighted by atomic mass is 10.00. The van der Waals surface area contributed by atoms with Crippen LogP contribution >= 0.6 is 0 Å². The molecular formula is C14H18F5N. The summed E-state index contributed by atoms with van der Waals surface area (Å²) in [7, 11) is 0. The smallest absolute Gasteiger partial charge is 0.314 e. The Hall–Kier alpha value is -1.17. The molecule has 1 aromatic carbocycles. The molecule has 20 heavy (non-hydrogen) atoms. The summed E-state index contributed by atoms with van der Waals surface area (Å²) in [6.45, 7) is 2.38. The van der Waals surface area contributed by atoms with Crippen molar-refractivity contribution in [2.24, 2.45) is 0 Å². The van der Waals surface area contributed by atoms with Crippen molar-refractivity contribution < 1.29 is 22.0 Å². The molecule has 0 aliphatic carbocycles. The first-order chi connectivity index (χ1) is 9.33. The minimum Gasteiger partial charge on any atom is -0.314 e. The second-order valence-corrected chi connectivity index (χ2v) is 4.68. The van der Waals surface area contributed by atoms with E-state index < -0.39 is 24.2 Å². The van der Waals surface area contributed by atoms with Gasteiger partial charge in [-0.1, -0.05) is 19.1 Å². The maximum absolute atomic E-state index is 13.5. The normalized spacial score (nSPS) is 13.5. The number of likely N-dealkylation sites (N-methyl/N-ethyl adjacent to an activating group) is 1. The molecule has 0 amide bonds. The zero-order valence-corrected chi connectivity index (χ0v) is 11.2. The average Bonchev–Trinajstić information content (AvgIpc) is 2.33. The van der Waals surface area contributed by atoms with E-state index in [0.717, 1.165) is 6.07 Å². The third-order valence-electron chi connectivity index (χ3n) is 3.00. The molecule has 114 valence electrons. The summed E-state index contributed by atoms with van der Waals surface area (Å²) in [6, 6.07) is 3.57. The predicted molar refractivity (Wildman–Crippen MR) is 67.4 cm³/mol. The zero-order chi connectivity index (χ0) is 15.2. The van der Waals surface area contributed by atoms with Crippen LogP contribution in [0.2, 0.25) is 0 Å². The minimum absolute atomic E-state index is 0.0297. The fourth-order valence-electron chi connectivity index (χ4n) is 2.09. The number of rotatable bonds is 7. The molecule has 1 atom stereocenters. The summed E-state index contributed by atoms with van der Waals surface area (Å²) in [4.78, 5) is 0. The van der Waals surface area contributed by atoms with E-state index >= 15 is 0 Å². The molecule has 1 N–H and O–H groups in total. The molecule has 0 aromatic heterocycles. The minimum atomic E-state index is -4.18. The second-order valence-electron chi connectivity index (χ2n) is 4.68. The van der Waals surface area contributed by atoms with Crippen molar-refractivity contribution in [1.82, 2.24) is 5.32 Å². The lowest BCUT2D eigenvalue weighted by Gasteiger charge is -2.18. The van der Waals surface area contributed by atoms with E-state index in [1.165, 1.54) is 12.1 Å². The van der Waals surface area contributed by atoms with Gasteiger partial charge in [-0.2, -0.15) is 13.2 Å². The van der Waals surface area contributed by atoms with Crippen molar-refractivity contribution >= 4 is 0 Å². The van der Waals surface area contributed by atoms with E-state index in [1.54, 1.807) is 0 Å². The molecule has 0 saturated heterocycles. The molecule has 0 fully saturated rings. The van der Waals surface area contributed by atoms with Gasteiger partial charge in [0.25, 0.3) is 0 Å². The summed E-state index contributed by atoms with van der Waals surface area (Å²) < 4.78 is 62.9. The summed E-state index contributed by atoms with van der Waals surface area (Å²) in [6.07, 6.45) is -4.63. The SMILES string of the molecule is CCNC(CCCC(F)(F)F)Cc1cccc(F)c1F. The predicted octanol–water partition coefficient (Wildman–Crippen LogP) is 4.22. The van der Waals surface area contributed by atoms with Gasteiger partial charge in [0.05, 0.1) is 0 Å². The van der Waals surface area contributed by atoms with Crippen LogP contribution in [-0.4, -0.2) is 18.8 Å². The van der Waals surface area contributed by atoms with Gasteiger partial charge in [-0.05, 0) is 37.4 Å². The summed E-state index contributed by atoms with van der Waals surface area (Å²) in [5.74, 6) is -1.86. The van der Waals surface area contributed by atoms with Crippen molar-refractivity contribution in [3.05, 3.63) is 35.4 Å². The first kappa shape index (κ1) is 16.9. The van der Waals surface area contributed by atoms with Gasteiger partial charge in [-0.25, -0.2) is 8.78 Å². The molecule has 0 saturated carbocycles. The number of benzene rings is 1. The van der Waals surface area contributed by atoms with Crippen LogP contribution in [0.3, 0.4) is 0 Å². The Morgan fingerprint density at radius 3 is 2.50 bits per heavy atom.